The van der Waals surface area contributed by atoms with Gasteiger partial charge in [-0.2, -0.15) is 0 Å². The fraction of sp³-hybridized carbons (Fsp3) is 0.630. The minimum atomic E-state index is -1.91. The number of hydrogen-bond acceptors (Lipinski definition) is 9. The third kappa shape index (κ3) is 3.28. The molecule has 1 spiro atoms. The molecule has 2 heterocycles. The topological polar surface area (TPSA) is 158 Å². The first-order chi connectivity index (χ1) is 18.1. The van der Waals surface area contributed by atoms with Crippen molar-refractivity contribution in [1.82, 2.24) is 10.2 Å². The molecule has 2 bridgehead atoms. The predicted molar refractivity (Wildman–Crippen MR) is 132 cm³/mol. The number of piperidine rings is 1. The Balaban J connectivity index is 1.46. The molecule has 1 aromatic carbocycles. The van der Waals surface area contributed by atoms with Crippen molar-refractivity contribution in [2.24, 2.45) is 5.92 Å². The maximum atomic E-state index is 13.7. The van der Waals surface area contributed by atoms with Crippen LogP contribution < -0.4 is 10.1 Å². The number of aliphatic hydroxyl groups excluding tert-OH is 1. The van der Waals surface area contributed by atoms with E-state index in [-0.39, 0.29) is 48.5 Å². The lowest BCUT2D eigenvalue weighted by Gasteiger charge is -2.62. The van der Waals surface area contributed by atoms with Crippen molar-refractivity contribution < 1.29 is 44.2 Å². The fourth-order valence-electron chi connectivity index (χ4n) is 7.44. The molecule has 1 saturated carbocycles. The molecule has 11 nitrogen and oxygen atoms in total. The van der Waals surface area contributed by atoms with Crippen molar-refractivity contribution in [2.75, 3.05) is 40.5 Å². The number of carbonyl (C=O) groups excluding carboxylic acids is 1. The number of rotatable bonds is 9. The number of benzene rings is 1. The quantitative estimate of drug-likeness (QED) is 0.306. The number of phenols is 1. The third-order valence-corrected chi connectivity index (χ3v) is 9.33. The molecule has 206 valence electrons. The van der Waals surface area contributed by atoms with Gasteiger partial charge in [0, 0.05) is 38.8 Å². The molecule has 5 N–H and O–H groups in total. The summed E-state index contributed by atoms with van der Waals surface area (Å²) in [6.45, 7) is 0.793. The number of carboxylic acid groups (broad SMARTS) is 1. The highest BCUT2D eigenvalue weighted by atomic mass is 16.5. The molecule has 11 heteroatoms. The van der Waals surface area contributed by atoms with Crippen LogP contribution in [0.5, 0.6) is 11.5 Å². The summed E-state index contributed by atoms with van der Waals surface area (Å²) in [6.07, 6.45) is 1.99. The lowest BCUT2D eigenvalue weighted by atomic mass is 9.49. The number of hydrogen-bond donors (Lipinski definition) is 5. The van der Waals surface area contributed by atoms with Gasteiger partial charge >= 0.3 is 5.97 Å². The summed E-state index contributed by atoms with van der Waals surface area (Å²) in [7, 11) is 2.63. The van der Waals surface area contributed by atoms with Gasteiger partial charge in [-0.05, 0) is 49.8 Å². The Labute approximate surface area is 220 Å². The molecule has 1 saturated heterocycles. The third-order valence-electron chi connectivity index (χ3n) is 9.33. The van der Waals surface area contributed by atoms with Gasteiger partial charge in [-0.25, -0.2) is 4.79 Å². The first-order valence-electron chi connectivity index (χ1n) is 13.1. The zero-order chi connectivity index (χ0) is 27.0. The van der Waals surface area contributed by atoms with Crippen LogP contribution in [0.15, 0.2) is 23.5 Å². The minimum absolute atomic E-state index is 0.0855. The van der Waals surface area contributed by atoms with Crippen LogP contribution in [0.1, 0.15) is 36.8 Å². The zero-order valence-electron chi connectivity index (χ0n) is 21.5. The molecule has 3 aliphatic carbocycles. The van der Waals surface area contributed by atoms with E-state index >= 15 is 0 Å². The molecular weight excluding hydrogens is 496 g/mol. The normalized spacial score (nSPS) is 31.6. The van der Waals surface area contributed by atoms with E-state index in [4.69, 9.17) is 14.2 Å². The number of carbonyl (C=O) groups is 2. The summed E-state index contributed by atoms with van der Waals surface area (Å²) in [5, 5.41) is 47.3. The second-order valence-electron chi connectivity index (χ2n) is 11.5. The van der Waals surface area contributed by atoms with Gasteiger partial charge < -0.3 is 40.0 Å². The second kappa shape index (κ2) is 8.57. The summed E-state index contributed by atoms with van der Waals surface area (Å²) in [5.41, 5.74) is -2.92. The van der Waals surface area contributed by atoms with Crippen LogP contribution in [0, 0.1) is 5.92 Å². The van der Waals surface area contributed by atoms with Gasteiger partial charge in [-0.3, -0.25) is 9.69 Å². The van der Waals surface area contributed by atoms with E-state index in [0.29, 0.717) is 30.9 Å². The van der Waals surface area contributed by atoms with Crippen LogP contribution in [-0.2, 0) is 30.9 Å². The first kappa shape index (κ1) is 25.4. The van der Waals surface area contributed by atoms with Crippen LogP contribution in [0.4, 0.5) is 0 Å². The van der Waals surface area contributed by atoms with Crippen LogP contribution in [0.2, 0.25) is 0 Å². The Hall–Kier alpha value is -2.86. The van der Waals surface area contributed by atoms with E-state index in [2.05, 4.69) is 10.2 Å². The number of amides is 1. The summed E-state index contributed by atoms with van der Waals surface area (Å²) in [6, 6.07) is 3.08. The van der Waals surface area contributed by atoms with Gasteiger partial charge in [-0.15, -0.1) is 0 Å². The summed E-state index contributed by atoms with van der Waals surface area (Å²) in [4.78, 5) is 28.2. The number of nitrogens with one attached hydrogen (secondary N) is 1. The second-order valence-corrected chi connectivity index (χ2v) is 11.5. The molecule has 4 atom stereocenters. The van der Waals surface area contributed by atoms with Crippen molar-refractivity contribution in [2.45, 2.75) is 60.8 Å². The Bertz CT molecular complexity index is 1220. The van der Waals surface area contributed by atoms with Gasteiger partial charge in [0.25, 0.3) is 5.91 Å². The highest BCUT2D eigenvalue weighted by Gasteiger charge is 2.73. The number of aliphatic carboxylic acids is 1. The molecule has 0 aromatic heterocycles. The average molecular weight is 531 g/mol. The lowest BCUT2D eigenvalue weighted by Crippen LogP contribution is -2.76. The number of phenolic OH excluding ortho intramolecular Hbond substituents is 1. The van der Waals surface area contributed by atoms with Crippen LogP contribution in [0.25, 0.3) is 0 Å². The molecule has 1 amide bonds. The van der Waals surface area contributed by atoms with E-state index < -0.39 is 34.5 Å². The maximum Gasteiger partial charge on any atom is 0.334 e. The van der Waals surface area contributed by atoms with Crippen LogP contribution >= 0.6 is 0 Å². The molecular formula is C27H34N2O9. The van der Waals surface area contributed by atoms with Crippen molar-refractivity contribution in [3.63, 3.8) is 0 Å². The zero-order valence-corrected chi connectivity index (χ0v) is 21.5. The van der Waals surface area contributed by atoms with E-state index in [1.54, 1.807) is 6.07 Å². The highest BCUT2D eigenvalue weighted by Crippen LogP contribution is 2.66. The van der Waals surface area contributed by atoms with Crippen LogP contribution in [0.3, 0.4) is 0 Å². The number of aromatic hydroxyl groups is 1. The van der Waals surface area contributed by atoms with Gasteiger partial charge in [0.05, 0.1) is 29.8 Å². The number of ether oxygens (including phenoxy) is 3. The molecule has 2 fully saturated rings. The summed E-state index contributed by atoms with van der Waals surface area (Å²) in [5.74, 6) is -1.84. The molecule has 0 unspecified atom stereocenters. The summed E-state index contributed by atoms with van der Waals surface area (Å²) >= 11 is 0. The van der Waals surface area contributed by atoms with E-state index in [9.17, 15) is 30.0 Å². The Morgan fingerprint density at radius 1 is 1.21 bits per heavy atom. The van der Waals surface area contributed by atoms with E-state index in [0.717, 1.165) is 24.9 Å². The van der Waals surface area contributed by atoms with E-state index in [1.165, 1.54) is 14.2 Å². The fourth-order valence-corrected chi connectivity index (χ4v) is 7.44. The molecule has 1 aromatic rings. The Morgan fingerprint density at radius 3 is 2.55 bits per heavy atom. The van der Waals surface area contributed by atoms with Crippen molar-refractivity contribution in [3.05, 3.63) is 34.6 Å². The molecule has 2 aliphatic heterocycles. The van der Waals surface area contributed by atoms with Crippen molar-refractivity contribution in [3.8, 4) is 11.5 Å². The van der Waals surface area contributed by atoms with Crippen molar-refractivity contribution in [1.29, 1.82) is 0 Å². The lowest BCUT2D eigenvalue weighted by molar-refractivity contribution is -0.173. The number of nitrogens with zero attached hydrogens (tertiary/aromatic N) is 1. The standard InChI is InChI=1S/C27H34N2O9/c1-36-12-25(13-37-2,24(33)34)28-23(32)16-10-27(35)18-9-15-5-6-17(30)21-19(15)26(27,22(38-21)20(16)31)7-8-29(18)11-14-3-4-14/h5-6,14,18,22,30-31,35H,3-4,7-13H2,1-2H3,(H,28,32)(H,33,34)/t18-,22+,26+,27-/m1/s1. The van der Waals surface area contributed by atoms with Gasteiger partial charge in [-0.1, -0.05) is 6.07 Å². The van der Waals surface area contributed by atoms with Gasteiger partial charge in [0.15, 0.2) is 23.1 Å². The molecule has 38 heavy (non-hydrogen) atoms. The SMILES string of the molecule is COCC(COC)(NC(=O)C1=C(O)[C@@H]2Oc3c(O)ccc4c3[C@@]23CCN(CC2CC2)[C@H](C4)[C@]3(O)C1)C(=O)O. The number of likely N-dealkylation sites (tertiary alicyclic amines) is 1. The average Bonchev–Trinajstić information content (AvgIpc) is 3.61. The highest BCUT2D eigenvalue weighted by molar-refractivity contribution is 5.98. The monoisotopic (exact) mass is 530 g/mol. The van der Waals surface area contributed by atoms with Crippen LogP contribution in [-0.4, -0.2) is 101 Å². The predicted octanol–water partition coefficient (Wildman–Crippen LogP) is 0.611. The number of aliphatic hydroxyl groups is 2. The van der Waals surface area contributed by atoms with E-state index in [1.807, 2.05) is 6.07 Å². The summed E-state index contributed by atoms with van der Waals surface area (Å²) < 4.78 is 16.4. The largest absolute Gasteiger partial charge is 0.508 e. The smallest absolute Gasteiger partial charge is 0.334 e. The molecule has 6 rings (SSSR count). The van der Waals surface area contributed by atoms with Crippen molar-refractivity contribution >= 4 is 11.9 Å². The maximum absolute atomic E-state index is 13.7. The first-order valence-corrected chi connectivity index (χ1v) is 13.1. The Kier molecular flexibility index (Phi) is 5.73. The minimum Gasteiger partial charge on any atom is -0.508 e. The Morgan fingerprint density at radius 2 is 1.92 bits per heavy atom. The number of methoxy groups -OCH3 is 2. The molecule has 5 aliphatic rings. The molecule has 0 radical (unpaired) electrons. The number of carboxylic acids is 1. The van der Waals surface area contributed by atoms with Gasteiger partial charge in [0.2, 0.25) is 0 Å². The van der Waals surface area contributed by atoms with Gasteiger partial charge in [0.1, 0.15) is 5.76 Å².